The number of nitrogens with zero attached hydrogens (tertiary/aromatic N) is 5. The molecule has 3 aliphatic heterocycles. The molecule has 2 atom stereocenters. The highest BCUT2D eigenvalue weighted by Crippen LogP contribution is 2.31. The number of pyridine rings is 1. The van der Waals surface area contributed by atoms with Crippen LogP contribution in [0.2, 0.25) is 0 Å². The van der Waals surface area contributed by atoms with Gasteiger partial charge in [0.05, 0.1) is 35.1 Å². The number of amides is 1. The van der Waals surface area contributed by atoms with Gasteiger partial charge in [-0.1, -0.05) is 19.3 Å². The second-order valence-electron chi connectivity index (χ2n) is 9.27. The molecule has 0 radical (unpaired) electrons. The molecular formula is C24H27N6O3+. The van der Waals surface area contributed by atoms with Gasteiger partial charge in [0.25, 0.3) is 5.56 Å². The van der Waals surface area contributed by atoms with E-state index in [0.29, 0.717) is 34.7 Å². The van der Waals surface area contributed by atoms with Crippen LogP contribution in [0, 0.1) is 5.92 Å². The minimum atomic E-state index is -0.634. The summed E-state index contributed by atoms with van der Waals surface area (Å²) in [5.41, 5.74) is 0.486. The van der Waals surface area contributed by atoms with Gasteiger partial charge in [0, 0.05) is 23.8 Å². The first-order valence-electron chi connectivity index (χ1n) is 11.9. The van der Waals surface area contributed by atoms with E-state index < -0.39 is 5.92 Å². The van der Waals surface area contributed by atoms with E-state index in [1.54, 1.807) is 29.1 Å². The number of nitrogens with one attached hydrogen (secondary N) is 1. The smallest absolute Gasteiger partial charge is 0.376 e. The van der Waals surface area contributed by atoms with Gasteiger partial charge < -0.3 is 9.30 Å². The van der Waals surface area contributed by atoms with Gasteiger partial charge in [-0.3, -0.25) is 14.6 Å². The lowest BCUT2D eigenvalue weighted by atomic mass is 9.89. The lowest BCUT2D eigenvalue weighted by molar-refractivity contribution is -0.373. The minimum absolute atomic E-state index is 0.0576. The SMILES string of the molecule is O=C1C2C=c3c(ccn(CC4CCCO4)c3=O)=NC2=CC=[N+]1c1n[nH]c(C2CCCCC2)n1. The Hall–Kier alpha value is -3.20. The summed E-state index contributed by atoms with van der Waals surface area (Å²) in [7, 11) is 0. The zero-order chi connectivity index (χ0) is 22.4. The van der Waals surface area contributed by atoms with Gasteiger partial charge in [-0.2, -0.15) is 9.67 Å². The largest absolute Gasteiger partial charge is 0.462 e. The molecular weight excluding hydrogens is 420 g/mol. The molecule has 1 aliphatic carbocycles. The van der Waals surface area contributed by atoms with Crippen LogP contribution in [-0.2, 0) is 16.1 Å². The Kier molecular flexibility index (Phi) is 5.13. The Morgan fingerprint density at radius 3 is 2.85 bits per heavy atom. The summed E-state index contributed by atoms with van der Waals surface area (Å²) in [6.07, 6.45) is 14.9. The van der Waals surface area contributed by atoms with Gasteiger partial charge in [-0.05, 0) is 48.9 Å². The summed E-state index contributed by atoms with van der Waals surface area (Å²) in [6, 6.07) is 1.84. The van der Waals surface area contributed by atoms with Gasteiger partial charge in [0.1, 0.15) is 5.92 Å². The van der Waals surface area contributed by atoms with Crippen molar-refractivity contribution in [3.63, 3.8) is 0 Å². The van der Waals surface area contributed by atoms with Crippen LogP contribution in [0.1, 0.15) is 56.7 Å². The van der Waals surface area contributed by atoms with E-state index in [2.05, 4.69) is 20.2 Å². The van der Waals surface area contributed by atoms with Crippen molar-refractivity contribution in [3.8, 4) is 0 Å². The Balaban J connectivity index is 1.31. The summed E-state index contributed by atoms with van der Waals surface area (Å²) in [6.45, 7) is 1.26. The topological polar surface area (TPSA) is 105 Å². The van der Waals surface area contributed by atoms with Crippen molar-refractivity contribution in [1.29, 1.82) is 0 Å². The molecule has 1 saturated heterocycles. The quantitative estimate of drug-likeness (QED) is 0.706. The molecule has 1 saturated carbocycles. The molecule has 2 fully saturated rings. The zero-order valence-corrected chi connectivity index (χ0v) is 18.4. The van der Waals surface area contributed by atoms with Crippen LogP contribution >= 0.6 is 0 Å². The predicted octanol–water partition coefficient (Wildman–Crippen LogP) is 1.06. The number of allylic oxidation sites excluding steroid dienone is 1. The van der Waals surface area contributed by atoms with Crippen LogP contribution < -0.4 is 16.1 Å². The number of hydrogen-bond donors (Lipinski definition) is 1. The van der Waals surface area contributed by atoms with Crippen molar-refractivity contribution in [2.45, 2.75) is 63.5 Å². The first-order valence-corrected chi connectivity index (χ1v) is 11.9. The Labute approximate surface area is 190 Å². The molecule has 9 heteroatoms. The number of carbonyl (C=O) groups is 1. The molecule has 170 valence electrons. The van der Waals surface area contributed by atoms with Crippen molar-refractivity contribution in [3.05, 3.63) is 50.8 Å². The molecule has 9 nitrogen and oxygen atoms in total. The summed E-state index contributed by atoms with van der Waals surface area (Å²) >= 11 is 0. The van der Waals surface area contributed by atoms with E-state index in [9.17, 15) is 9.59 Å². The number of fused-ring (bicyclic) bond motifs is 2. The van der Waals surface area contributed by atoms with Crippen molar-refractivity contribution >= 4 is 24.1 Å². The van der Waals surface area contributed by atoms with Crippen molar-refractivity contribution in [2.75, 3.05) is 6.61 Å². The van der Waals surface area contributed by atoms with Crippen LogP contribution in [0.5, 0.6) is 0 Å². The molecule has 2 aromatic rings. The molecule has 2 aromatic heterocycles. The maximum absolute atomic E-state index is 13.4. The van der Waals surface area contributed by atoms with Gasteiger partial charge in [0.15, 0.2) is 0 Å². The van der Waals surface area contributed by atoms with Crippen LogP contribution in [0.15, 0.2) is 33.8 Å². The average molecular weight is 448 g/mol. The van der Waals surface area contributed by atoms with Crippen molar-refractivity contribution in [1.82, 2.24) is 19.7 Å². The lowest BCUT2D eigenvalue weighted by Gasteiger charge is -2.19. The summed E-state index contributed by atoms with van der Waals surface area (Å²) in [5.74, 6) is 0.728. The molecule has 33 heavy (non-hydrogen) atoms. The highest BCUT2D eigenvalue weighted by Gasteiger charge is 2.36. The molecule has 0 spiro atoms. The number of hydrogen-bond acceptors (Lipinski definition) is 6. The molecule has 5 heterocycles. The molecule has 1 N–H and O–H groups in total. The third-order valence-corrected chi connectivity index (χ3v) is 7.10. The third kappa shape index (κ3) is 3.70. The third-order valence-electron chi connectivity index (χ3n) is 7.10. The first-order chi connectivity index (χ1) is 16.2. The van der Waals surface area contributed by atoms with E-state index in [-0.39, 0.29) is 17.6 Å². The Morgan fingerprint density at radius 1 is 1.15 bits per heavy atom. The van der Waals surface area contributed by atoms with E-state index in [1.165, 1.54) is 23.8 Å². The van der Waals surface area contributed by atoms with Crippen LogP contribution in [0.4, 0.5) is 5.95 Å². The van der Waals surface area contributed by atoms with Gasteiger partial charge in [-0.15, -0.1) is 0 Å². The normalized spacial score (nSPS) is 24.9. The molecule has 6 rings (SSSR count). The second kappa shape index (κ2) is 8.30. The molecule has 0 bridgehead atoms. The van der Waals surface area contributed by atoms with E-state index in [0.717, 1.165) is 38.1 Å². The number of aromatic nitrogens is 4. The van der Waals surface area contributed by atoms with Crippen LogP contribution in [0.25, 0.3) is 6.08 Å². The maximum atomic E-state index is 13.4. The van der Waals surface area contributed by atoms with Crippen LogP contribution in [0.3, 0.4) is 0 Å². The number of ether oxygens (including phenoxy) is 1. The number of H-pyrrole nitrogens is 1. The first kappa shape index (κ1) is 20.4. The predicted molar refractivity (Wildman–Crippen MR) is 120 cm³/mol. The van der Waals surface area contributed by atoms with Gasteiger partial charge >= 0.3 is 11.9 Å². The van der Waals surface area contributed by atoms with E-state index >= 15 is 0 Å². The number of aromatic amines is 1. The highest BCUT2D eigenvalue weighted by molar-refractivity contribution is 5.91. The van der Waals surface area contributed by atoms with Crippen LogP contribution in [-0.4, -0.2) is 49.2 Å². The fourth-order valence-corrected chi connectivity index (χ4v) is 5.26. The highest BCUT2D eigenvalue weighted by atomic mass is 16.5. The molecule has 1 amide bonds. The van der Waals surface area contributed by atoms with Gasteiger partial charge in [0.2, 0.25) is 5.82 Å². The second-order valence-corrected chi connectivity index (χ2v) is 9.27. The fraction of sp³-hybridized carbons (Fsp3) is 0.500. The monoisotopic (exact) mass is 447 g/mol. The fourth-order valence-electron chi connectivity index (χ4n) is 5.26. The van der Waals surface area contributed by atoms with Gasteiger partial charge in [-0.25, -0.2) is 0 Å². The number of rotatable bonds is 4. The minimum Gasteiger partial charge on any atom is -0.376 e. The maximum Gasteiger partial charge on any atom is 0.462 e. The standard InChI is InChI=1S/C24H27N6O3/c31-22-17-13-18-20(25-19(17)8-10-29(22)14-16-7-4-12-33-16)9-11-30(23(18)32)24-26-21(27-28-24)15-5-2-1-3-6-15/h8-11,13,15-16,18H,1-7,12,14H2,(H,26,27,28)/q+1. The Bertz CT molecular complexity index is 1340. The summed E-state index contributed by atoms with van der Waals surface area (Å²) in [5, 5.41) is 8.42. The van der Waals surface area contributed by atoms with Crippen molar-refractivity contribution < 1.29 is 14.1 Å². The average Bonchev–Trinajstić information content (AvgIpc) is 3.54. The van der Waals surface area contributed by atoms with Crippen molar-refractivity contribution in [2.24, 2.45) is 10.9 Å². The molecule has 2 unspecified atom stereocenters. The Morgan fingerprint density at radius 2 is 2.03 bits per heavy atom. The summed E-state index contributed by atoms with van der Waals surface area (Å²) < 4.78 is 8.81. The van der Waals surface area contributed by atoms with E-state index in [1.807, 2.05) is 6.07 Å². The summed E-state index contributed by atoms with van der Waals surface area (Å²) in [4.78, 5) is 35.8. The molecule has 0 aromatic carbocycles. The lowest BCUT2D eigenvalue weighted by Crippen LogP contribution is -2.49. The van der Waals surface area contributed by atoms with E-state index in [4.69, 9.17) is 4.74 Å². The zero-order valence-electron chi connectivity index (χ0n) is 18.4. The number of carbonyl (C=O) groups excluding carboxylic acids is 1. The molecule has 4 aliphatic rings.